The maximum atomic E-state index is 4.26. The van der Waals surface area contributed by atoms with Crippen molar-refractivity contribution in [1.82, 2.24) is 14.9 Å². The SMILES string of the molecule is CC(C)n1cncc1CCC1CCNCC1. The van der Waals surface area contributed by atoms with E-state index in [2.05, 4.69) is 28.7 Å². The second kappa shape index (κ2) is 5.48. The van der Waals surface area contributed by atoms with Crippen molar-refractivity contribution in [2.75, 3.05) is 13.1 Å². The number of nitrogens with zero attached hydrogens (tertiary/aromatic N) is 2. The largest absolute Gasteiger partial charge is 0.332 e. The van der Waals surface area contributed by atoms with Crippen molar-refractivity contribution in [1.29, 1.82) is 0 Å². The van der Waals surface area contributed by atoms with Gasteiger partial charge in [-0.05, 0) is 58.5 Å². The van der Waals surface area contributed by atoms with Crippen LogP contribution in [-0.4, -0.2) is 22.6 Å². The molecule has 3 heteroatoms. The topological polar surface area (TPSA) is 29.9 Å². The quantitative estimate of drug-likeness (QED) is 0.846. The van der Waals surface area contributed by atoms with Crippen molar-refractivity contribution in [3.63, 3.8) is 0 Å². The van der Waals surface area contributed by atoms with Gasteiger partial charge in [-0.15, -0.1) is 0 Å². The highest BCUT2D eigenvalue weighted by Gasteiger charge is 2.14. The summed E-state index contributed by atoms with van der Waals surface area (Å²) in [6.45, 7) is 6.84. The summed E-state index contributed by atoms with van der Waals surface area (Å²) in [5, 5.41) is 3.42. The predicted molar refractivity (Wildman–Crippen MR) is 66.5 cm³/mol. The first-order valence-corrected chi connectivity index (χ1v) is 6.49. The smallest absolute Gasteiger partial charge is 0.0950 e. The van der Waals surface area contributed by atoms with Crippen LogP contribution in [0.15, 0.2) is 12.5 Å². The molecule has 2 rings (SSSR count). The molecule has 0 saturated carbocycles. The van der Waals surface area contributed by atoms with Crippen LogP contribution in [0, 0.1) is 5.92 Å². The van der Waals surface area contributed by atoms with Gasteiger partial charge in [0, 0.05) is 17.9 Å². The van der Waals surface area contributed by atoms with Crippen LogP contribution in [0.1, 0.15) is 44.8 Å². The number of imidazole rings is 1. The van der Waals surface area contributed by atoms with Crippen LogP contribution in [0.2, 0.25) is 0 Å². The lowest BCUT2D eigenvalue weighted by Crippen LogP contribution is -2.28. The van der Waals surface area contributed by atoms with E-state index in [4.69, 9.17) is 0 Å². The van der Waals surface area contributed by atoms with E-state index >= 15 is 0 Å². The summed E-state index contributed by atoms with van der Waals surface area (Å²) in [4.78, 5) is 4.26. The second-order valence-corrected chi connectivity index (χ2v) is 5.12. The molecule has 1 aromatic rings. The van der Waals surface area contributed by atoms with Crippen LogP contribution in [0.5, 0.6) is 0 Å². The Hall–Kier alpha value is -0.830. The Morgan fingerprint density at radius 2 is 2.19 bits per heavy atom. The molecule has 1 saturated heterocycles. The van der Waals surface area contributed by atoms with Crippen molar-refractivity contribution in [2.24, 2.45) is 5.92 Å². The van der Waals surface area contributed by atoms with Gasteiger partial charge >= 0.3 is 0 Å². The van der Waals surface area contributed by atoms with Crippen molar-refractivity contribution >= 4 is 0 Å². The van der Waals surface area contributed by atoms with E-state index in [0.29, 0.717) is 6.04 Å². The van der Waals surface area contributed by atoms with Crippen molar-refractivity contribution in [2.45, 2.75) is 45.6 Å². The van der Waals surface area contributed by atoms with Crippen LogP contribution in [-0.2, 0) is 6.42 Å². The minimum absolute atomic E-state index is 0.533. The molecule has 0 aromatic carbocycles. The Balaban J connectivity index is 1.86. The highest BCUT2D eigenvalue weighted by molar-refractivity contribution is 5.00. The molecule has 0 atom stereocenters. The normalized spacial score (nSPS) is 18.2. The molecule has 0 bridgehead atoms. The molecule has 1 aliphatic heterocycles. The third kappa shape index (κ3) is 2.85. The van der Waals surface area contributed by atoms with E-state index in [0.717, 1.165) is 5.92 Å². The average molecular weight is 221 g/mol. The molecular formula is C13H23N3. The molecule has 2 heterocycles. The predicted octanol–water partition coefficient (Wildman–Crippen LogP) is 2.40. The van der Waals surface area contributed by atoms with E-state index in [9.17, 15) is 0 Å². The molecule has 1 aliphatic rings. The number of aryl methyl sites for hydroxylation is 1. The standard InChI is InChI=1S/C13H23N3/c1-11(2)16-10-15-9-13(16)4-3-12-5-7-14-8-6-12/h9-12,14H,3-8H2,1-2H3. The molecule has 16 heavy (non-hydrogen) atoms. The lowest BCUT2D eigenvalue weighted by molar-refractivity contribution is 0.351. The molecule has 0 amide bonds. The first kappa shape index (κ1) is 11.6. The zero-order valence-corrected chi connectivity index (χ0v) is 10.4. The van der Waals surface area contributed by atoms with Crippen molar-refractivity contribution in [3.05, 3.63) is 18.2 Å². The molecule has 0 aliphatic carbocycles. The fourth-order valence-electron chi connectivity index (χ4n) is 2.51. The molecular weight excluding hydrogens is 198 g/mol. The second-order valence-electron chi connectivity index (χ2n) is 5.12. The van der Waals surface area contributed by atoms with E-state index in [1.807, 2.05) is 12.5 Å². The monoisotopic (exact) mass is 221 g/mol. The minimum Gasteiger partial charge on any atom is -0.332 e. The van der Waals surface area contributed by atoms with Crippen LogP contribution in [0.25, 0.3) is 0 Å². The number of rotatable bonds is 4. The lowest BCUT2D eigenvalue weighted by Gasteiger charge is -2.22. The maximum Gasteiger partial charge on any atom is 0.0950 e. The van der Waals surface area contributed by atoms with Crippen molar-refractivity contribution in [3.8, 4) is 0 Å². The Labute approximate surface area is 98.3 Å². The third-order valence-electron chi connectivity index (χ3n) is 3.57. The Morgan fingerprint density at radius 1 is 1.44 bits per heavy atom. The molecule has 1 aromatic heterocycles. The highest BCUT2D eigenvalue weighted by Crippen LogP contribution is 2.19. The van der Waals surface area contributed by atoms with Gasteiger partial charge in [0.15, 0.2) is 0 Å². The summed E-state index contributed by atoms with van der Waals surface area (Å²) < 4.78 is 2.29. The van der Waals surface area contributed by atoms with Gasteiger partial charge in [0.1, 0.15) is 0 Å². The number of hydrogen-bond acceptors (Lipinski definition) is 2. The molecule has 3 nitrogen and oxygen atoms in total. The average Bonchev–Trinajstić information content (AvgIpc) is 2.76. The minimum atomic E-state index is 0.533. The van der Waals surface area contributed by atoms with Crippen molar-refractivity contribution < 1.29 is 0 Å². The van der Waals surface area contributed by atoms with Crippen LogP contribution >= 0.6 is 0 Å². The molecule has 0 unspecified atom stereocenters. The molecule has 1 fully saturated rings. The van der Waals surface area contributed by atoms with E-state index in [1.54, 1.807) is 0 Å². The van der Waals surface area contributed by atoms with E-state index in [1.165, 1.54) is 44.5 Å². The number of aromatic nitrogens is 2. The van der Waals surface area contributed by atoms with Crippen LogP contribution in [0.4, 0.5) is 0 Å². The number of hydrogen-bond donors (Lipinski definition) is 1. The highest BCUT2D eigenvalue weighted by atomic mass is 15.1. The first-order valence-electron chi connectivity index (χ1n) is 6.49. The third-order valence-corrected chi connectivity index (χ3v) is 3.57. The van der Waals surface area contributed by atoms with Gasteiger partial charge in [0.2, 0.25) is 0 Å². The summed E-state index contributed by atoms with van der Waals surface area (Å²) in [6, 6.07) is 0.533. The summed E-state index contributed by atoms with van der Waals surface area (Å²) in [5.41, 5.74) is 1.40. The number of nitrogens with one attached hydrogen (secondary N) is 1. The fourth-order valence-corrected chi connectivity index (χ4v) is 2.51. The molecule has 0 spiro atoms. The van der Waals surface area contributed by atoms with Gasteiger partial charge in [-0.25, -0.2) is 4.98 Å². The van der Waals surface area contributed by atoms with Gasteiger partial charge in [-0.2, -0.15) is 0 Å². The zero-order valence-electron chi connectivity index (χ0n) is 10.4. The van der Waals surface area contributed by atoms with Gasteiger partial charge in [-0.3, -0.25) is 0 Å². The maximum absolute atomic E-state index is 4.26. The lowest BCUT2D eigenvalue weighted by atomic mass is 9.92. The van der Waals surface area contributed by atoms with Gasteiger partial charge in [0.25, 0.3) is 0 Å². The Bertz CT molecular complexity index is 311. The van der Waals surface area contributed by atoms with Gasteiger partial charge < -0.3 is 9.88 Å². The van der Waals surface area contributed by atoms with Gasteiger partial charge in [0.05, 0.1) is 6.33 Å². The van der Waals surface area contributed by atoms with Gasteiger partial charge in [-0.1, -0.05) is 0 Å². The fraction of sp³-hybridized carbons (Fsp3) is 0.769. The summed E-state index contributed by atoms with van der Waals surface area (Å²) >= 11 is 0. The van der Waals surface area contributed by atoms with E-state index in [-0.39, 0.29) is 0 Å². The van der Waals surface area contributed by atoms with E-state index < -0.39 is 0 Å². The zero-order chi connectivity index (χ0) is 11.4. The van der Waals surface area contributed by atoms with Crippen LogP contribution < -0.4 is 5.32 Å². The molecule has 0 radical (unpaired) electrons. The summed E-state index contributed by atoms with van der Waals surface area (Å²) in [7, 11) is 0. The number of piperidine rings is 1. The molecule has 90 valence electrons. The van der Waals surface area contributed by atoms with Crippen LogP contribution in [0.3, 0.4) is 0 Å². The molecule has 1 N–H and O–H groups in total. The summed E-state index contributed by atoms with van der Waals surface area (Å²) in [5.74, 6) is 0.914. The first-order chi connectivity index (χ1) is 7.77. The Morgan fingerprint density at radius 3 is 2.88 bits per heavy atom. The summed E-state index contributed by atoms with van der Waals surface area (Å²) in [6.07, 6.45) is 9.18. The Kier molecular flexibility index (Phi) is 3.99.